The second-order valence-electron chi connectivity index (χ2n) is 6.07. The lowest BCUT2D eigenvalue weighted by atomic mass is 10.1. The summed E-state index contributed by atoms with van der Waals surface area (Å²) in [6.45, 7) is 2.17. The summed E-state index contributed by atoms with van der Waals surface area (Å²) in [5, 5.41) is 13.7. The number of halogens is 1. The summed E-state index contributed by atoms with van der Waals surface area (Å²) in [6, 6.07) is 15.2. The third-order valence-electron chi connectivity index (χ3n) is 4.03. The SMILES string of the molecule is Cc1cc2c(Br)c(OCC(Cc3ccccc3)NC(=O)O)ccc2cn1. The molecule has 5 nitrogen and oxygen atoms in total. The minimum absolute atomic E-state index is 0.232. The van der Waals surface area contributed by atoms with Crippen LogP contribution in [0.1, 0.15) is 11.3 Å². The number of amides is 1. The first kappa shape index (κ1) is 18.2. The predicted molar refractivity (Wildman–Crippen MR) is 105 cm³/mol. The van der Waals surface area contributed by atoms with Crippen LogP contribution in [-0.2, 0) is 6.42 Å². The van der Waals surface area contributed by atoms with Crippen LogP contribution in [0.3, 0.4) is 0 Å². The number of aryl methyl sites for hydroxylation is 1. The molecule has 2 N–H and O–H groups in total. The van der Waals surface area contributed by atoms with Crippen LogP contribution in [0.5, 0.6) is 5.75 Å². The lowest BCUT2D eigenvalue weighted by Gasteiger charge is -2.19. The molecule has 1 amide bonds. The zero-order valence-corrected chi connectivity index (χ0v) is 15.9. The van der Waals surface area contributed by atoms with E-state index in [1.165, 1.54) is 0 Å². The third-order valence-corrected chi connectivity index (χ3v) is 4.85. The first-order chi connectivity index (χ1) is 12.5. The summed E-state index contributed by atoms with van der Waals surface area (Å²) in [5.41, 5.74) is 1.97. The van der Waals surface area contributed by atoms with Crippen LogP contribution in [0, 0.1) is 6.92 Å². The average Bonchev–Trinajstić information content (AvgIpc) is 2.62. The molecule has 0 bridgehead atoms. The fraction of sp³-hybridized carbons (Fsp3) is 0.200. The van der Waals surface area contributed by atoms with Gasteiger partial charge in [-0.25, -0.2) is 4.79 Å². The highest BCUT2D eigenvalue weighted by Crippen LogP contribution is 2.33. The molecule has 1 heterocycles. The number of fused-ring (bicyclic) bond motifs is 1. The Morgan fingerprint density at radius 1 is 1.27 bits per heavy atom. The van der Waals surface area contributed by atoms with Crippen molar-refractivity contribution in [3.63, 3.8) is 0 Å². The Hall–Kier alpha value is -2.60. The molecule has 1 aromatic heterocycles. The monoisotopic (exact) mass is 414 g/mol. The van der Waals surface area contributed by atoms with E-state index in [1.807, 2.05) is 61.7 Å². The molecule has 1 atom stereocenters. The summed E-state index contributed by atoms with van der Waals surface area (Å²) < 4.78 is 6.77. The lowest BCUT2D eigenvalue weighted by molar-refractivity contribution is 0.180. The van der Waals surface area contributed by atoms with E-state index in [-0.39, 0.29) is 12.6 Å². The number of nitrogens with one attached hydrogen (secondary N) is 1. The van der Waals surface area contributed by atoms with E-state index in [0.717, 1.165) is 26.5 Å². The van der Waals surface area contributed by atoms with Crippen LogP contribution in [-0.4, -0.2) is 28.8 Å². The van der Waals surface area contributed by atoms with Crippen molar-refractivity contribution in [3.05, 3.63) is 70.5 Å². The molecule has 0 saturated carbocycles. The molecular weight excluding hydrogens is 396 g/mol. The number of rotatable bonds is 6. The Morgan fingerprint density at radius 2 is 2.04 bits per heavy atom. The minimum Gasteiger partial charge on any atom is -0.490 e. The fourth-order valence-electron chi connectivity index (χ4n) is 2.79. The summed E-state index contributed by atoms with van der Waals surface area (Å²) in [6.07, 6.45) is 1.32. The maximum atomic E-state index is 11.1. The van der Waals surface area contributed by atoms with Crippen LogP contribution in [0.2, 0.25) is 0 Å². The van der Waals surface area contributed by atoms with Crippen LogP contribution >= 0.6 is 15.9 Å². The number of aromatic nitrogens is 1. The third kappa shape index (κ3) is 4.52. The molecule has 0 radical (unpaired) electrons. The number of ether oxygens (including phenoxy) is 1. The van der Waals surface area contributed by atoms with E-state index < -0.39 is 6.09 Å². The van der Waals surface area contributed by atoms with Gasteiger partial charge in [-0.05, 0) is 53.0 Å². The molecule has 0 aliphatic heterocycles. The van der Waals surface area contributed by atoms with Crippen molar-refractivity contribution in [1.29, 1.82) is 0 Å². The molecule has 0 aliphatic rings. The molecule has 1 unspecified atom stereocenters. The number of carbonyl (C=O) groups is 1. The van der Waals surface area contributed by atoms with E-state index in [2.05, 4.69) is 26.2 Å². The standard InChI is InChI=1S/C20H19BrN2O3/c1-13-9-17-15(11-22-13)7-8-18(19(17)21)26-12-16(23-20(24)25)10-14-5-3-2-4-6-14/h2-9,11,16,23H,10,12H2,1H3,(H,24,25). The molecule has 26 heavy (non-hydrogen) atoms. The van der Waals surface area contributed by atoms with Gasteiger partial charge in [0.1, 0.15) is 12.4 Å². The highest BCUT2D eigenvalue weighted by Gasteiger charge is 2.15. The predicted octanol–water partition coefficient (Wildman–Crippen LogP) is 4.56. The van der Waals surface area contributed by atoms with Crippen molar-refractivity contribution < 1.29 is 14.6 Å². The summed E-state index contributed by atoms with van der Waals surface area (Å²) >= 11 is 3.59. The Balaban J connectivity index is 1.76. The molecule has 6 heteroatoms. The Labute approximate surface area is 160 Å². The maximum absolute atomic E-state index is 11.1. The van der Waals surface area contributed by atoms with Gasteiger partial charge in [0.25, 0.3) is 0 Å². The number of nitrogens with zero attached hydrogens (tertiary/aromatic N) is 1. The molecule has 3 rings (SSSR count). The number of carboxylic acid groups (broad SMARTS) is 1. The fourth-order valence-corrected chi connectivity index (χ4v) is 3.38. The van der Waals surface area contributed by atoms with E-state index >= 15 is 0 Å². The second-order valence-corrected chi connectivity index (χ2v) is 6.86. The van der Waals surface area contributed by atoms with Gasteiger partial charge >= 0.3 is 6.09 Å². The van der Waals surface area contributed by atoms with Gasteiger partial charge in [0.2, 0.25) is 0 Å². The van der Waals surface area contributed by atoms with E-state index in [1.54, 1.807) is 0 Å². The molecule has 2 aromatic carbocycles. The topological polar surface area (TPSA) is 71.5 Å². The smallest absolute Gasteiger partial charge is 0.405 e. The Morgan fingerprint density at radius 3 is 2.77 bits per heavy atom. The van der Waals surface area contributed by atoms with Gasteiger partial charge < -0.3 is 15.2 Å². The van der Waals surface area contributed by atoms with Crippen molar-refractivity contribution in [1.82, 2.24) is 10.3 Å². The first-order valence-electron chi connectivity index (χ1n) is 8.24. The normalized spacial score (nSPS) is 11.9. The second kappa shape index (κ2) is 8.19. The van der Waals surface area contributed by atoms with Crippen molar-refractivity contribution in [3.8, 4) is 5.75 Å². The van der Waals surface area contributed by atoms with Crippen molar-refractivity contribution in [2.24, 2.45) is 0 Å². The van der Waals surface area contributed by atoms with Gasteiger partial charge in [0.05, 0.1) is 10.5 Å². The highest BCUT2D eigenvalue weighted by atomic mass is 79.9. The molecule has 0 saturated heterocycles. The van der Waals surface area contributed by atoms with Crippen LogP contribution in [0.25, 0.3) is 10.8 Å². The number of hydrogen-bond acceptors (Lipinski definition) is 3. The van der Waals surface area contributed by atoms with Gasteiger partial charge in [-0.1, -0.05) is 30.3 Å². The largest absolute Gasteiger partial charge is 0.490 e. The van der Waals surface area contributed by atoms with Gasteiger partial charge in [0, 0.05) is 22.7 Å². The summed E-state index contributed by atoms with van der Waals surface area (Å²) in [5.74, 6) is 0.674. The Kier molecular flexibility index (Phi) is 5.73. The van der Waals surface area contributed by atoms with Crippen LogP contribution < -0.4 is 10.1 Å². The highest BCUT2D eigenvalue weighted by molar-refractivity contribution is 9.10. The van der Waals surface area contributed by atoms with Gasteiger partial charge in [-0.3, -0.25) is 4.98 Å². The van der Waals surface area contributed by atoms with E-state index in [0.29, 0.717) is 12.2 Å². The zero-order valence-electron chi connectivity index (χ0n) is 14.3. The van der Waals surface area contributed by atoms with Crippen LogP contribution in [0.15, 0.2) is 59.2 Å². The maximum Gasteiger partial charge on any atom is 0.405 e. The average molecular weight is 415 g/mol. The number of hydrogen-bond donors (Lipinski definition) is 2. The summed E-state index contributed by atoms with van der Waals surface area (Å²) in [4.78, 5) is 15.4. The van der Waals surface area contributed by atoms with Crippen LogP contribution in [0.4, 0.5) is 4.79 Å². The molecule has 134 valence electrons. The lowest BCUT2D eigenvalue weighted by Crippen LogP contribution is -2.39. The molecule has 0 aliphatic carbocycles. The molecule has 0 fully saturated rings. The minimum atomic E-state index is -1.06. The van der Waals surface area contributed by atoms with E-state index in [4.69, 9.17) is 9.84 Å². The number of benzene rings is 2. The van der Waals surface area contributed by atoms with Crippen molar-refractivity contribution >= 4 is 32.8 Å². The first-order valence-corrected chi connectivity index (χ1v) is 9.03. The van der Waals surface area contributed by atoms with Crippen molar-refractivity contribution in [2.75, 3.05) is 6.61 Å². The molecular formula is C20H19BrN2O3. The zero-order chi connectivity index (χ0) is 18.5. The molecule has 3 aromatic rings. The summed E-state index contributed by atoms with van der Waals surface area (Å²) in [7, 11) is 0. The van der Waals surface area contributed by atoms with Gasteiger partial charge in [0.15, 0.2) is 0 Å². The quantitative estimate of drug-likeness (QED) is 0.619. The van der Waals surface area contributed by atoms with Crippen molar-refractivity contribution in [2.45, 2.75) is 19.4 Å². The number of pyridine rings is 1. The Bertz CT molecular complexity index is 916. The molecule has 0 spiro atoms. The van der Waals surface area contributed by atoms with Gasteiger partial charge in [-0.15, -0.1) is 0 Å². The van der Waals surface area contributed by atoms with Gasteiger partial charge in [-0.2, -0.15) is 0 Å². The van der Waals surface area contributed by atoms with E-state index in [9.17, 15) is 4.79 Å².